The van der Waals surface area contributed by atoms with Gasteiger partial charge in [0.15, 0.2) is 11.5 Å². The highest BCUT2D eigenvalue weighted by Gasteiger charge is 2.02. The molecular formula is C14H23NO2. The van der Waals surface area contributed by atoms with Crippen molar-refractivity contribution >= 4 is 0 Å². The summed E-state index contributed by atoms with van der Waals surface area (Å²) in [5.41, 5.74) is 5.69. The molecule has 0 bridgehead atoms. The first-order valence-electron chi connectivity index (χ1n) is 6.34. The van der Waals surface area contributed by atoms with Gasteiger partial charge in [0.1, 0.15) is 0 Å². The molecule has 0 fully saturated rings. The van der Waals surface area contributed by atoms with Crippen LogP contribution in [0.3, 0.4) is 0 Å². The molecule has 1 aromatic rings. The van der Waals surface area contributed by atoms with E-state index in [1.54, 1.807) is 0 Å². The molecule has 0 radical (unpaired) electrons. The van der Waals surface area contributed by atoms with Gasteiger partial charge in [-0.15, -0.1) is 0 Å². The second kappa shape index (κ2) is 7.96. The van der Waals surface area contributed by atoms with E-state index in [1.807, 2.05) is 38.1 Å². The number of ether oxygens (including phenoxy) is 2. The molecular weight excluding hydrogens is 214 g/mol. The van der Waals surface area contributed by atoms with Gasteiger partial charge in [-0.05, 0) is 45.2 Å². The van der Waals surface area contributed by atoms with Gasteiger partial charge in [-0.25, -0.2) is 0 Å². The maximum absolute atomic E-state index is 5.71. The normalized spacial score (nSPS) is 12.2. The van der Waals surface area contributed by atoms with Crippen molar-refractivity contribution < 1.29 is 9.47 Å². The van der Waals surface area contributed by atoms with Crippen molar-refractivity contribution in [3.05, 3.63) is 24.3 Å². The van der Waals surface area contributed by atoms with Crippen LogP contribution in [0, 0.1) is 0 Å². The Kier molecular flexibility index (Phi) is 6.48. The van der Waals surface area contributed by atoms with Crippen LogP contribution in [0.4, 0.5) is 0 Å². The van der Waals surface area contributed by atoms with Gasteiger partial charge in [-0.3, -0.25) is 0 Å². The van der Waals surface area contributed by atoms with E-state index in [4.69, 9.17) is 15.2 Å². The van der Waals surface area contributed by atoms with Gasteiger partial charge in [0.25, 0.3) is 0 Å². The Morgan fingerprint density at radius 3 is 2.35 bits per heavy atom. The molecule has 0 aliphatic rings. The molecule has 1 rings (SSSR count). The van der Waals surface area contributed by atoms with Crippen molar-refractivity contribution in [2.45, 2.75) is 39.2 Å². The smallest absolute Gasteiger partial charge is 0.161 e. The summed E-state index contributed by atoms with van der Waals surface area (Å²) in [6.45, 7) is 5.38. The summed E-state index contributed by atoms with van der Waals surface area (Å²) >= 11 is 0. The molecule has 1 aromatic carbocycles. The first-order chi connectivity index (χ1) is 8.24. The minimum absolute atomic E-state index is 0.283. The zero-order valence-corrected chi connectivity index (χ0v) is 10.8. The number of benzene rings is 1. The molecule has 96 valence electrons. The van der Waals surface area contributed by atoms with Crippen LogP contribution in [-0.4, -0.2) is 19.3 Å². The number of nitrogens with two attached hydrogens (primary N) is 1. The van der Waals surface area contributed by atoms with Crippen LogP contribution in [-0.2, 0) is 0 Å². The van der Waals surface area contributed by atoms with E-state index in [0.29, 0.717) is 6.61 Å². The van der Waals surface area contributed by atoms with Gasteiger partial charge in [-0.2, -0.15) is 0 Å². The van der Waals surface area contributed by atoms with Gasteiger partial charge in [0, 0.05) is 6.04 Å². The second-order valence-electron chi connectivity index (χ2n) is 4.20. The molecule has 0 heterocycles. The minimum atomic E-state index is 0.283. The van der Waals surface area contributed by atoms with Crippen LogP contribution in [0.25, 0.3) is 0 Å². The van der Waals surface area contributed by atoms with Crippen molar-refractivity contribution in [1.82, 2.24) is 0 Å². The fraction of sp³-hybridized carbons (Fsp3) is 0.571. The van der Waals surface area contributed by atoms with Gasteiger partial charge in [-0.1, -0.05) is 12.1 Å². The first kappa shape index (κ1) is 13.8. The number of hydrogen-bond acceptors (Lipinski definition) is 3. The zero-order chi connectivity index (χ0) is 12.5. The van der Waals surface area contributed by atoms with Gasteiger partial charge >= 0.3 is 0 Å². The summed E-state index contributed by atoms with van der Waals surface area (Å²) in [4.78, 5) is 0. The third-order valence-corrected chi connectivity index (χ3v) is 2.46. The summed E-state index contributed by atoms with van der Waals surface area (Å²) < 4.78 is 11.2. The SMILES string of the molecule is CCOc1ccccc1OCCCCC(C)N. The lowest BCUT2D eigenvalue weighted by Crippen LogP contribution is -2.14. The lowest BCUT2D eigenvalue weighted by Gasteiger charge is -2.11. The number of hydrogen-bond donors (Lipinski definition) is 1. The lowest BCUT2D eigenvalue weighted by molar-refractivity contribution is 0.270. The molecule has 0 spiro atoms. The number of rotatable bonds is 8. The molecule has 3 heteroatoms. The number of unbranched alkanes of at least 4 members (excludes halogenated alkanes) is 1. The fourth-order valence-electron chi connectivity index (χ4n) is 1.59. The topological polar surface area (TPSA) is 44.5 Å². The van der Waals surface area contributed by atoms with Crippen molar-refractivity contribution in [2.24, 2.45) is 5.73 Å². The molecule has 0 saturated heterocycles. The van der Waals surface area contributed by atoms with Gasteiger partial charge < -0.3 is 15.2 Å². The fourth-order valence-corrected chi connectivity index (χ4v) is 1.59. The molecule has 0 amide bonds. The van der Waals surface area contributed by atoms with E-state index >= 15 is 0 Å². The van der Waals surface area contributed by atoms with Crippen LogP contribution in [0.15, 0.2) is 24.3 Å². The monoisotopic (exact) mass is 237 g/mol. The number of para-hydroxylation sites is 2. The van der Waals surface area contributed by atoms with Crippen molar-refractivity contribution in [3.63, 3.8) is 0 Å². The lowest BCUT2D eigenvalue weighted by atomic mass is 10.1. The highest BCUT2D eigenvalue weighted by Crippen LogP contribution is 2.26. The molecule has 3 nitrogen and oxygen atoms in total. The average molecular weight is 237 g/mol. The summed E-state index contributed by atoms with van der Waals surface area (Å²) in [5.74, 6) is 1.65. The second-order valence-corrected chi connectivity index (χ2v) is 4.20. The van der Waals surface area contributed by atoms with Gasteiger partial charge in [0.05, 0.1) is 13.2 Å². The van der Waals surface area contributed by atoms with E-state index in [1.165, 1.54) is 0 Å². The molecule has 2 N–H and O–H groups in total. The zero-order valence-electron chi connectivity index (χ0n) is 10.8. The third-order valence-electron chi connectivity index (χ3n) is 2.46. The Morgan fingerprint density at radius 1 is 1.12 bits per heavy atom. The maximum atomic E-state index is 5.71. The molecule has 0 aliphatic heterocycles. The van der Waals surface area contributed by atoms with E-state index < -0.39 is 0 Å². The Bertz CT molecular complexity index is 313. The summed E-state index contributed by atoms with van der Waals surface area (Å²) in [6.07, 6.45) is 3.19. The molecule has 1 unspecified atom stereocenters. The standard InChI is InChI=1S/C14H23NO2/c1-3-16-13-9-4-5-10-14(13)17-11-7-6-8-12(2)15/h4-5,9-10,12H,3,6-8,11,15H2,1-2H3. The van der Waals surface area contributed by atoms with Crippen molar-refractivity contribution in [2.75, 3.05) is 13.2 Å². The molecule has 1 atom stereocenters. The maximum Gasteiger partial charge on any atom is 0.161 e. The van der Waals surface area contributed by atoms with Gasteiger partial charge in [0.2, 0.25) is 0 Å². The van der Waals surface area contributed by atoms with Crippen LogP contribution >= 0.6 is 0 Å². The summed E-state index contributed by atoms with van der Waals surface area (Å²) in [7, 11) is 0. The van der Waals surface area contributed by atoms with Crippen LogP contribution in [0.5, 0.6) is 11.5 Å². The Morgan fingerprint density at radius 2 is 1.76 bits per heavy atom. The van der Waals surface area contributed by atoms with Crippen molar-refractivity contribution in [1.29, 1.82) is 0 Å². The highest BCUT2D eigenvalue weighted by atomic mass is 16.5. The molecule has 17 heavy (non-hydrogen) atoms. The quantitative estimate of drug-likeness (QED) is 0.707. The Balaban J connectivity index is 2.30. The average Bonchev–Trinajstić information content (AvgIpc) is 2.31. The minimum Gasteiger partial charge on any atom is -0.490 e. The summed E-state index contributed by atoms with van der Waals surface area (Å²) in [5, 5.41) is 0. The van der Waals surface area contributed by atoms with Crippen LogP contribution < -0.4 is 15.2 Å². The first-order valence-corrected chi connectivity index (χ1v) is 6.34. The van der Waals surface area contributed by atoms with Crippen LogP contribution in [0.2, 0.25) is 0 Å². The molecule has 0 saturated carbocycles. The Labute approximate surface area is 104 Å². The van der Waals surface area contributed by atoms with E-state index in [2.05, 4.69) is 0 Å². The third kappa shape index (κ3) is 5.59. The molecule has 0 aliphatic carbocycles. The largest absolute Gasteiger partial charge is 0.490 e. The van der Waals surface area contributed by atoms with E-state index in [-0.39, 0.29) is 6.04 Å². The van der Waals surface area contributed by atoms with E-state index in [9.17, 15) is 0 Å². The predicted molar refractivity (Wildman–Crippen MR) is 70.6 cm³/mol. The van der Waals surface area contributed by atoms with Crippen molar-refractivity contribution in [3.8, 4) is 11.5 Å². The highest BCUT2D eigenvalue weighted by molar-refractivity contribution is 5.39. The predicted octanol–water partition coefficient (Wildman–Crippen LogP) is 2.98. The Hall–Kier alpha value is -1.22. The van der Waals surface area contributed by atoms with Crippen LogP contribution in [0.1, 0.15) is 33.1 Å². The molecule has 0 aromatic heterocycles. The van der Waals surface area contributed by atoms with E-state index in [0.717, 1.165) is 37.4 Å². The summed E-state index contributed by atoms with van der Waals surface area (Å²) in [6, 6.07) is 8.07.